The summed E-state index contributed by atoms with van der Waals surface area (Å²) < 4.78 is 3.28. The molecule has 4 aliphatic rings. The molecular weight excluding hydrogens is 846 g/mol. The summed E-state index contributed by atoms with van der Waals surface area (Å²) in [6.07, 6.45) is 6.81. The first-order chi connectivity index (χ1) is 22.7. The Morgan fingerprint density at radius 1 is 0.340 bits per heavy atom. The standard InChI is InChI=1S/C40H98Si13/c1-35(2,3)52-42(41-37(43(7,8)9,44(10,11)12)31-32-38(41,45(13,14)15)46(16,17)18)53(52,36(4,5)6)51(52)39(47(19,20)21,48(22,23)24)33-34-40(51,49(25,26)27)50(28,29)30/h31-34H2,1-30H3. The fraction of sp³-hybridized carbons (Fsp3) is 1.00. The third-order valence-corrected chi connectivity index (χ3v) is 220. The predicted molar refractivity (Wildman–Crippen MR) is 284 cm³/mol. The van der Waals surface area contributed by atoms with Crippen LogP contribution >= 0.6 is 0 Å². The SMILES string of the molecule is CC(C)(C)[Si]12[Si](=[Si]3C([Si](C)(C)C)([Si](C)(C)C)CCC3([Si](C)(C)C)[Si](C)(C)C)[Si]1(C(C)(C)C)[Si]21C([Si](C)(C)C)([Si](C)(C)C)CCC1([Si](C)(C)C)[Si](C)(C)C. The Kier molecular flexibility index (Phi) is 11.0. The van der Waals surface area contributed by atoms with Gasteiger partial charge in [-0.15, -0.1) is 0 Å². The largest absolute Gasteiger partial charge is 0.0696 e. The molecule has 0 N–H and O–H groups in total. The lowest BCUT2D eigenvalue weighted by molar-refractivity contribution is 0.742. The summed E-state index contributed by atoms with van der Waals surface area (Å²) in [6, 6.07) is 0. The lowest BCUT2D eigenvalue weighted by Crippen LogP contribution is -2.82. The van der Waals surface area contributed by atoms with Gasteiger partial charge in [-0.2, -0.15) is 0 Å². The molecule has 0 aromatic rings. The minimum absolute atomic E-state index is 0.416. The molecule has 2 unspecified atom stereocenters. The summed E-state index contributed by atoms with van der Waals surface area (Å²) in [6.45, 7) is 86.5. The Bertz CT molecular complexity index is 1370. The van der Waals surface area contributed by atoms with Crippen molar-refractivity contribution >= 4 is 99.8 Å². The van der Waals surface area contributed by atoms with Crippen LogP contribution < -0.4 is 0 Å². The van der Waals surface area contributed by atoms with Crippen molar-refractivity contribution in [2.24, 2.45) is 0 Å². The van der Waals surface area contributed by atoms with Crippen LogP contribution in [-0.2, 0) is 0 Å². The van der Waals surface area contributed by atoms with Crippen LogP contribution in [0, 0.1) is 0 Å². The molecule has 4 rings (SSSR count). The molecule has 0 aromatic heterocycles. The van der Waals surface area contributed by atoms with E-state index < -0.39 is 99.8 Å². The molecule has 0 nitrogen and oxygen atoms in total. The lowest BCUT2D eigenvalue weighted by atomic mass is 10.2. The van der Waals surface area contributed by atoms with Gasteiger partial charge in [0.2, 0.25) is 0 Å². The molecule has 0 amide bonds. The molecule has 2 atom stereocenters. The normalized spacial score (nSPS) is 30.2. The van der Waals surface area contributed by atoms with Crippen LogP contribution in [0.2, 0.25) is 184 Å². The van der Waals surface area contributed by atoms with Gasteiger partial charge in [0.25, 0.3) is 0 Å². The fourth-order valence-electron chi connectivity index (χ4n) is 19.7. The molecule has 0 aromatic carbocycles. The highest BCUT2D eigenvalue weighted by Crippen LogP contribution is 2.99. The summed E-state index contributed by atoms with van der Waals surface area (Å²) in [5, 5.41) is 1.20. The Morgan fingerprint density at radius 3 is 0.698 bits per heavy atom. The number of fused-ring (bicyclic) bond motifs is 3. The van der Waals surface area contributed by atoms with E-state index in [-0.39, 0.29) is 0 Å². The second-order valence-electron chi connectivity index (χ2n) is 30.1. The topological polar surface area (TPSA) is 0 Å². The maximum atomic E-state index is 3.04. The average Bonchev–Trinajstić information content (AvgIpc) is 3.45. The van der Waals surface area contributed by atoms with E-state index >= 15 is 0 Å². The van der Waals surface area contributed by atoms with E-state index in [0.29, 0.717) is 10.1 Å². The third-order valence-electron chi connectivity index (χ3n) is 18.9. The highest BCUT2D eigenvalue weighted by Gasteiger charge is 3.17. The van der Waals surface area contributed by atoms with Gasteiger partial charge >= 0.3 is 0 Å². The Balaban J connectivity index is 2.63. The van der Waals surface area contributed by atoms with E-state index in [1.807, 2.05) is 0 Å². The van der Waals surface area contributed by atoms with Gasteiger partial charge in [0, 0.05) is 85.0 Å². The van der Waals surface area contributed by atoms with Gasteiger partial charge in [-0.1, -0.05) is 224 Å². The van der Waals surface area contributed by atoms with E-state index in [2.05, 4.69) is 199 Å². The van der Waals surface area contributed by atoms with Crippen LogP contribution in [0.1, 0.15) is 67.2 Å². The van der Waals surface area contributed by atoms with E-state index in [1.54, 1.807) is 25.7 Å². The first-order valence-corrected chi connectivity index (χ1v) is 65.4. The summed E-state index contributed by atoms with van der Waals surface area (Å²) in [5.74, 6) is 0. The van der Waals surface area contributed by atoms with E-state index in [4.69, 9.17) is 0 Å². The van der Waals surface area contributed by atoms with Crippen molar-refractivity contribution in [1.82, 2.24) is 0 Å². The van der Waals surface area contributed by atoms with Crippen molar-refractivity contribution in [2.75, 3.05) is 0 Å². The smallest absolute Gasteiger partial charge is 0.0481 e. The molecule has 13 heteroatoms. The Morgan fingerprint density at radius 2 is 0.547 bits per heavy atom. The van der Waals surface area contributed by atoms with Gasteiger partial charge in [0.05, 0.1) is 0 Å². The highest BCUT2D eigenvalue weighted by molar-refractivity contribution is 8.56. The number of rotatable bonds is 8. The Labute approximate surface area is 348 Å². The molecule has 0 radical (unpaired) electrons. The highest BCUT2D eigenvalue weighted by atomic mass is 30.7. The van der Waals surface area contributed by atoms with Gasteiger partial charge in [-0.25, -0.2) is 0 Å². The van der Waals surface area contributed by atoms with Gasteiger partial charge in [-0.05, 0) is 42.0 Å². The first kappa shape index (κ1) is 48.5. The molecule has 0 bridgehead atoms. The van der Waals surface area contributed by atoms with Crippen molar-refractivity contribution < 1.29 is 0 Å². The second kappa shape index (κ2) is 12.0. The average molecular weight is 944 g/mol. The van der Waals surface area contributed by atoms with Crippen LogP contribution in [-0.4, -0.2) is 99.8 Å². The Hall–Kier alpha value is 2.82. The predicted octanol–water partition coefficient (Wildman–Crippen LogP) is 15.0. The van der Waals surface area contributed by atoms with Crippen molar-refractivity contribution in [1.29, 1.82) is 0 Å². The monoisotopic (exact) mass is 942 g/mol. The zero-order valence-electron chi connectivity index (χ0n) is 42.3. The molecule has 1 spiro atoms. The van der Waals surface area contributed by atoms with Gasteiger partial charge in [-0.3, -0.25) is 0 Å². The van der Waals surface area contributed by atoms with Gasteiger partial charge < -0.3 is 0 Å². The zero-order valence-corrected chi connectivity index (χ0v) is 55.3. The maximum absolute atomic E-state index is 3.04. The lowest BCUT2D eigenvalue weighted by Gasteiger charge is -2.69. The third kappa shape index (κ3) is 4.95. The molecule has 310 valence electrons. The molecule has 0 saturated carbocycles. The molecule has 4 fully saturated rings. The van der Waals surface area contributed by atoms with Crippen LogP contribution in [0.25, 0.3) is 0 Å². The molecule has 4 saturated heterocycles. The zero-order chi connectivity index (χ0) is 42.5. The summed E-state index contributed by atoms with van der Waals surface area (Å²) >= 11 is 0. The van der Waals surface area contributed by atoms with E-state index in [1.165, 1.54) is 0 Å². The van der Waals surface area contributed by atoms with Gasteiger partial charge in [0.15, 0.2) is 0 Å². The number of hydrogen-bond donors (Lipinski definition) is 0. The van der Waals surface area contributed by atoms with Crippen LogP contribution in [0.5, 0.6) is 0 Å². The number of hydrogen-bond acceptors (Lipinski definition) is 0. The van der Waals surface area contributed by atoms with Crippen LogP contribution in [0.3, 0.4) is 0 Å². The molecule has 4 aliphatic heterocycles. The first-order valence-electron chi connectivity index (χ1n) is 22.4. The van der Waals surface area contributed by atoms with Crippen molar-refractivity contribution in [3.8, 4) is 0 Å². The second-order valence-corrected chi connectivity index (χ2v) is 130. The fourth-order valence-corrected chi connectivity index (χ4v) is 447. The van der Waals surface area contributed by atoms with E-state index in [9.17, 15) is 0 Å². The minimum atomic E-state index is -1.80. The van der Waals surface area contributed by atoms with Crippen molar-refractivity contribution in [2.45, 2.75) is 252 Å². The summed E-state index contributed by atoms with van der Waals surface area (Å²) in [7, 11) is -14.8. The van der Waals surface area contributed by atoms with Crippen molar-refractivity contribution in [3.05, 3.63) is 0 Å². The molecule has 53 heavy (non-hydrogen) atoms. The molecule has 4 heterocycles. The molecular formula is C40H98Si13. The van der Waals surface area contributed by atoms with Crippen LogP contribution in [0.4, 0.5) is 0 Å². The van der Waals surface area contributed by atoms with Crippen LogP contribution in [0.15, 0.2) is 0 Å². The molecule has 0 aliphatic carbocycles. The minimum Gasteiger partial charge on any atom is -0.0696 e. The van der Waals surface area contributed by atoms with Gasteiger partial charge in [0.1, 0.15) is 0 Å². The quantitative estimate of drug-likeness (QED) is 0.213. The summed E-state index contributed by atoms with van der Waals surface area (Å²) in [4.78, 5) is 0. The van der Waals surface area contributed by atoms with E-state index in [0.717, 1.165) is 17.1 Å². The van der Waals surface area contributed by atoms with Crippen molar-refractivity contribution in [3.63, 3.8) is 0 Å². The summed E-state index contributed by atoms with van der Waals surface area (Å²) in [5.41, 5.74) is 0. The maximum Gasteiger partial charge on any atom is 0.0481 e.